The highest BCUT2D eigenvalue weighted by molar-refractivity contribution is 6.06. The van der Waals surface area contributed by atoms with Crippen molar-refractivity contribution in [2.24, 2.45) is 0 Å². The Morgan fingerprint density at radius 3 is 2.58 bits per heavy atom. The third-order valence-corrected chi connectivity index (χ3v) is 2.39. The van der Waals surface area contributed by atoms with E-state index in [2.05, 4.69) is 10.3 Å². The van der Waals surface area contributed by atoms with Crippen molar-refractivity contribution in [1.82, 2.24) is 4.98 Å². The molecule has 96 valence electrons. The van der Waals surface area contributed by atoms with Gasteiger partial charge in [-0.05, 0) is 24.3 Å². The Morgan fingerprint density at radius 1 is 1.16 bits per heavy atom. The summed E-state index contributed by atoms with van der Waals surface area (Å²) in [5.74, 6) is -1.85. The van der Waals surface area contributed by atoms with Crippen LogP contribution in [0.2, 0.25) is 0 Å². The molecule has 0 aliphatic rings. The average Bonchev–Trinajstić information content (AvgIpc) is 2.39. The van der Waals surface area contributed by atoms with Crippen molar-refractivity contribution < 1.29 is 19.8 Å². The van der Waals surface area contributed by atoms with Crippen LogP contribution in [-0.4, -0.2) is 27.1 Å². The van der Waals surface area contributed by atoms with Crippen LogP contribution in [0.15, 0.2) is 42.6 Å². The lowest BCUT2D eigenvalue weighted by molar-refractivity contribution is 0.0690. The summed E-state index contributed by atoms with van der Waals surface area (Å²) in [5.41, 5.74) is 0.229. The van der Waals surface area contributed by atoms with Crippen LogP contribution < -0.4 is 5.32 Å². The lowest BCUT2D eigenvalue weighted by atomic mass is 10.2. The van der Waals surface area contributed by atoms with Gasteiger partial charge < -0.3 is 15.5 Å². The van der Waals surface area contributed by atoms with E-state index in [1.54, 1.807) is 12.1 Å². The fourth-order valence-corrected chi connectivity index (χ4v) is 1.49. The first-order valence-electron chi connectivity index (χ1n) is 5.36. The van der Waals surface area contributed by atoms with Gasteiger partial charge >= 0.3 is 5.97 Å². The Labute approximate surface area is 108 Å². The number of nitrogens with one attached hydrogen (secondary N) is 1. The van der Waals surface area contributed by atoms with Gasteiger partial charge in [0.25, 0.3) is 5.91 Å². The second kappa shape index (κ2) is 5.18. The first-order valence-corrected chi connectivity index (χ1v) is 5.36. The number of phenolic OH excluding ortho intramolecular Hbond substituents is 1. The number of aromatic hydroxyl groups is 1. The number of anilines is 1. The monoisotopic (exact) mass is 258 g/mol. The Balaban J connectivity index is 2.22. The van der Waals surface area contributed by atoms with Crippen molar-refractivity contribution in [1.29, 1.82) is 0 Å². The van der Waals surface area contributed by atoms with Crippen LogP contribution in [0.3, 0.4) is 0 Å². The molecule has 0 saturated carbocycles. The van der Waals surface area contributed by atoms with E-state index in [-0.39, 0.29) is 17.0 Å². The van der Waals surface area contributed by atoms with E-state index < -0.39 is 11.9 Å². The zero-order chi connectivity index (χ0) is 13.8. The van der Waals surface area contributed by atoms with Gasteiger partial charge in [0, 0.05) is 11.9 Å². The Morgan fingerprint density at radius 2 is 1.89 bits per heavy atom. The summed E-state index contributed by atoms with van der Waals surface area (Å²) < 4.78 is 0. The second-order valence-corrected chi connectivity index (χ2v) is 3.71. The van der Waals surface area contributed by atoms with Crippen molar-refractivity contribution >= 4 is 17.6 Å². The van der Waals surface area contributed by atoms with Gasteiger partial charge in [-0.2, -0.15) is 0 Å². The first kappa shape index (κ1) is 12.6. The van der Waals surface area contributed by atoms with E-state index in [9.17, 15) is 14.7 Å². The van der Waals surface area contributed by atoms with Gasteiger partial charge in [0.1, 0.15) is 11.4 Å². The van der Waals surface area contributed by atoms with Gasteiger partial charge in [-0.25, -0.2) is 9.78 Å². The second-order valence-electron chi connectivity index (χ2n) is 3.71. The zero-order valence-corrected chi connectivity index (χ0v) is 9.70. The number of rotatable bonds is 3. The molecule has 1 amide bonds. The summed E-state index contributed by atoms with van der Waals surface area (Å²) in [6.07, 6.45) is 1.28. The number of carboxylic acids is 1. The molecule has 3 N–H and O–H groups in total. The number of carbonyl (C=O) groups is 2. The van der Waals surface area contributed by atoms with E-state index in [0.717, 1.165) is 0 Å². The van der Waals surface area contributed by atoms with Crippen LogP contribution in [0.1, 0.15) is 20.8 Å². The van der Waals surface area contributed by atoms with Gasteiger partial charge in [0.15, 0.2) is 0 Å². The van der Waals surface area contributed by atoms with Crippen LogP contribution in [-0.2, 0) is 0 Å². The van der Waals surface area contributed by atoms with Gasteiger partial charge in [0.05, 0.1) is 5.56 Å². The summed E-state index contributed by atoms with van der Waals surface area (Å²) in [5, 5.41) is 20.8. The van der Waals surface area contributed by atoms with Crippen LogP contribution in [0.4, 0.5) is 5.69 Å². The summed E-state index contributed by atoms with van der Waals surface area (Å²) >= 11 is 0. The number of aromatic nitrogens is 1. The molecule has 0 saturated heterocycles. The topological polar surface area (TPSA) is 99.5 Å². The maximum atomic E-state index is 11.9. The average molecular weight is 258 g/mol. The molecular formula is C13H10N2O4. The van der Waals surface area contributed by atoms with E-state index in [0.29, 0.717) is 5.69 Å². The summed E-state index contributed by atoms with van der Waals surface area (Å²) in [7, 11) is 0. The minimum absolute atomic E-state index is 0.108. The number of phenols is 1. The van der Waals surface area contributed by atoms with E-state index in [1.807, 2.05) is 0 Å². The number of nitrogens with zero attached hydrogens (tertiary/aromatic N) is 1. The van der Waals surface area contributed by atoms with E-state index in [4.69, 9.17) is 5.11 Å². The minimum Gasteiger partial charge on any atom is -0.507 e. The van der Waals surface area contributed by atoms with Crippen molar-refractivity contribution in [2.75, 3.05) is 5.32 Å². The molecule has 2 aromatic rings. The van der Waals surface area contributed by atoms with Gasteiger partial charge in [-0.3, -0.25) is 4.79 Å². The number of hydrogen-bond acceptors (Lipinski definition) is 4. The normalized spacial score (nSPS) is 9.89. The van der Waals surface area contributed by atoms with Gasteiger partial charge in [0.2, 0.25) is 0 Å². The largest absolute Gasteiger partial charge is 0.507 e. The predicted molar refractivity (Wildman–Crippen MR) is 67.3 cm³/mol. The minimum atomic E-state index is -1.18. The number of carbonyl (C=O) groups excluding carboxylic acids is 1. The quantitative estimate of drug-likeness (QED) is 0.778. The standard InChI is InChI=1S/C13H10N2O4/c16-11-4-2-1-3-9(11)12(17)15-8-5-6-14-10(7-8)13(18)19/h1-7,16H,(H,18,19)(H,14,15,17). The highest BCUT2D eigenvalue weighted by Crippen LogP contribution is 2.17. The Kier molecular flexibility index (Phi) is 3.42. The lowest BCUT2D eigenvalue weighted by Crippen LogP contribution is -2.13. The third-order valence-electron chi connectivity index (χ3n) is 2.39. The molecule has 1 heterocycles. The molecule has 1 aromatic heterocycles. The molecule has 0 unspecified atom stereocenters. The van der Waals surface area contributed by atoms with Crippen molar-refractivity contribution in [3.63, 3.8) is 0 Å². The van der Waals surface area contributed by atoms with Gasteiger partial charge in [-0.1, -0.05) is 12.1 Å². The first-order chi connectivity index (χ1) is 9.08. The third kappa shape index (κ3) is 2.86. The molecule has 6 nitrogen and oxygen atoms in total. The van der Waals surface area contributed by atoms with Gasteiger partial charge in [-0.15, -0.1) is 0 Å². The highest BCUT2D eigenvalue weighted by atomic mass is 16.4. The SMILES string of the molecule is O=C(O)c1cc(NC(=O)c2ccccc2O)ccn1. The number of hydrogen-bond donors (Lipinski definition) is 3. The Bertz CT molecular complexity index is 640. The predicted octanol–water partition coefficient (Wildman–Crippen LogP) is 1.74. The number of para-hydroxylation sites is 1. The van der Waals surface area contributed by atoms with E-state index in [1.165, 1.54) is 30.5 Å². The molecule has 0 fully saturated rings. The van der Waals surface area contributed by atoms with Crippen LogP contribution in [0.25, 0.3) is 0 Å². The fourth-order valence-electron chi connectivity index (χ4n) is 1.49. The number of pyridine rings is 1. The molecule has 0 bridgehead atoms. The van der Waals surface area contributed by atoms with Crippen LogP contribution in [0.5, 0.6) is 5.75 Å². The molecule has 0 spiro atoms. The summed E-state index contributed by atoms with van der Waals surface area (Å²) in [6, 6.07) is 8.77. The Hall–Kier alpha value is -2.89. The molecule has 0 atom stereocenters. The fraction of sp³-hybridized carbons (Fsp3) is 0. The van der Waals surface area contributed by atoms with Crippen molar-refractivity contribution in [3.8, 4) is 5.75 Å². The molecular weight excluding hydrogens is 248 g/mol. The lowest BCUT2D eigenvalue weighted by Gasteiger charge is -2.06. The summed E-state index contributed by atoms with van der Waals surface area (Å²) in [6.45, 7) is 0. The van der Waals surface area contributed by atoms with Crippen LogP contribution >= 0.6 is 0 Å². The molecule has 1 aromatic carbocycles. The number of aromatic carboxylic acids is 1. The zero-order valence-electron chi connectivity index (χ0n) is 9.70. The number of carboxylic acid groups (broad SMARTS) is 1. The van der Waals surface area contributed by atoms with Crippen LogP contribution in [0, 0.1) is 0 Å². The molecule has 0 radical (unpaired) electrons. The smallest absolute Gasteiger partial charge is 0.354 e. The molecule has 6 heteroatoms. The number of benzene rings is 1. The van der Waals surface area contributed by atoms with Crippen molar-refractivity contribution in [2.45, 2.75) is 0 Å². The number of amides is 1. The molecule has 0 aliphatic carbocycles. The highest BCUT2D eigenvalue weighted by Gasteiger charge is 2.11. The molecule has 2 rings (SSSR count). The summed E-state index contributed by atoms with van der Waals surface area (Å²) in [4.78, 5) is 26.3. The molecule has 19 heavy (non-hydrogen) atoms. The van der Waals surface area contributed by atoms with Crippen molar-refractivity contribution in [3.05, 3.63) is 53.9 Å². The molecule has 0 aliphatic heterocycles. The maximum Gasteiger partial charge on any atom is 0.354 e. The van der Waals surface area contributed by atoms with E-state index >= 15 is 0 Å². The maximum absolute atomic E-state index is 11.9.